The van der Waals surface area contributed by atoms with Crippen LogP contribution in [0.5, 0.6) is 0 Å². The van der Waals surface area contributed by atoms with Crippen molar-refractivity contribution in [3.8, 4) is 11.8 Å². The van der Waals surface area contributed by atoms with Crippen LogP contribution in [0.3, 0.4) is 0 Å². The van der Waals surface area contributed by atoms with E-state index in [1.54, 1.807) is 13.3 Å². The zero-order valence-corrected chi connectivity index (χ0v) is 15.1. The molecule has 134 valence electrons. The lowest BCUT2D eigenvalue weighted by Crippen LogP contribution is -2.59. The first kappa shape index (κ1) is 17.2. The van der Waals surface area contributed by atoms with Crippen LogP contribution in [0.25, 0.3) is 0 Å². The Morgan fingerprint density at radius 2 is 1.88 bits per heavy atom. The summed E-state index contributed by atoms with van der Waals surface area (Å²) in [6.45, 7) is 3.02. The maximum Gasteiger partial charge on any atom is 0.194 e. The van der Waals surface area contributed by atoms with Crippen molar-refractivity contribution in [2.24, 2.45) is 5.92 Å². The van der Waals surface area contributed by atoms with Crippen molar-refractivity contribution in [1.82, 2.24) is 9.88 Å². The van der Waals surface area contributed by atoms with Crippen LogP contribution in [0, 0.1) is 17.8 Å². The first-order valence-electron chi connectivity index (χ1n) is 9.17. The van der Waals surface area contributed by atoms with Crippen molar-refractivity contribution in [1.29, 1.82) is 0 Å². The van der Waals surface area contributed by atoms with Crippen LogP contribution < -0.4 is 0 Å². The van der Waals surface area contributed by atoms with Gasteiger partial charge in [-0.05, 0) is 38.1 Å². The van der Waals surface area contributed by atoms with Gasteiger partial charge < -0.3 is 9.84 Å². The molecule has 0 saturated carbocycles. The minimum Gasteiger partial charge on any atom is -0.368 e. The Bertz CT molecular complexity index is 765. The molecule has 4 nitrogen and oxygen atoms in total. The molecule has 1 aromatic heterocycles. The summed E-state index contributed by atoms with van der Waals surface area (Å²) in [7, 11) is 1.73. The van der Waals surface area contributed by atoms with Gasteiger partial charge in [0.1, 0.15) is 5.60 Å². The Morgan fingerprint density at radius 3 is 2.46 bits per heavy atom. The molecule has 0 radical (unpaired) electrons. The molecule has 3 aliphatic heterocycles. The summed E-state index contributed by atoms with van der Waals surface area (Å²) in [6.07, 6.45) is 3.87. The minimum absolute atomic E-state index is 0.411. The SMILES string of the molecule is CO[C@]1(C#CC(O)(c2ccccc2)c2ccccn2)CN2CCC1CC2. The maximum absolute atomic E-state index is 11.6. The fourth-order valence-electron chi connectivity index (χ4n) is 4.18. The fourth-order valence-corrected chi connectivity index (χ4v) is 4.18. The van der Waals surface area contributed by atoms with Gasteiger partial charge in [0.05, 0.1) is 5.69 Å². The van der Waals surface area contributed by atoms with E-state index in [0.29, 0.717) is 11.6 Å². The number of pyridine rings is 1. The van der Waals surface area contributed by atoms with Crippen LogP contribution in [0.15, 0.2) is 54.7 Å². The predicted molar refractivity (Wildman–Crippen MR) is 100 cm³/mol. The van der Waals surface area contributed by atoms with E-state index in [4.69, 9.17) is 4.74 Å². The molecule has 3 aliphatic rings. The van der Waals surface area contributed by atoms with Crippen LogP contribution >= 0.6 is 0 Å². The Morgan fingerprint density at radius 1 is 1.15 bits per heavy atom. The number of benzene rings is 1. The zero-order valence-electron chi connectivity index (χ0n) is 15.1. The molecule has 3 saturated heterocycles. The summed E-state index contributed by atoms with van der Waals surface area (Å²) in [5.41, 5.74) is -0.723. The van der Waals surface area contributed by atoms with Crippen molar-refractivity contribution < 1.29 is 9.84 Å². The molecule has 26 heavy (non-hydrogen) atoms. The standard InChI is InChI=1S/C22H24N2O2/c1-26-21(17-24-15-10-18(21)11-16-24)12-13-22(25,19-7-3-2-4-8-19)20-9-5-6-14-23-20/h2-9,14,18,25H,10-11,15-17H2,1H3/t21-,22?/m1/s1. The molecule has 4 heterocycles. The van der Waals surface area contributed by atoms with Crippen LogP contribution in [0.2, 0.25) is 0 Å². The van der Waals surface area contributed by atoms with Crippen molar-refractivity contribution in [3.63, 3.8) is 0 Å². The fraction of sp³-hybridized carbons (Fsp3) is 0.409. The number of ether oxygens (including phenoxy) is 1. The lowest BCUT2D eigenvalue weighted by atomic mass is 9.75. The van der Waals surface area contributed by atoms with Gasteiger partial charge in [0.2, 0.25) is 0 Å². The molecule has 1 aromatic carbocycles. The van der Waals surface area contributed by atoms with Crippen molar-refractivity contribution in [2.75, 3.05) is 26.7 Å². The molecular weight excluding hydrogens is 324 g/mol. The van der Waals surface area contributed by atoms with Crippen LogP contribution in [0.4, 0.5) is 0 Å². The van der Waals surface area contributed by atoms with Gasteiger partial charge in [0.25, 0.3) is 0 Å². The number of aromatic nitrogens is 1. The second kappa shape index (κ2) is 6.85. The minimum atomic E-state index is -1.46. The van der Waals surface area contributed by atoms with Gasteiger partial charge in [-0.2, -0.15) is 0 Å². The van der Waals surface area contributed by atoms with E-state index in [-0.39, 0.29) is 0 Å². The van der Waals surface area contributed by atoms with Gasteiger partial charge >= 0.3 is 0 Å². The number of rotatable bonds is 3. The second-order valence-corrected chi connectivity index (χ2v) is 7.19. The highest BCUT2D eigenvalue weighted by Gasteiger charge is 2.46. The number of aliphatic hydroxyl groups is 1. The molecule has 1 unspecified atom stereocenters. The van der Waals surface area contributed by atoms with Gasteiger partial charge in [-0.25, -0.2) is 0 Å². The third-order valence-corrected chi connectivity index (χ3v) is 5.75. The molecule has 4 heteroatoms. The largest absolute Gasteiger partial charge is 0.368 e. The predicted octanol–water partition coefficient (Wildman–Crippen LogP) is 2.43. The molecule has 2 aromatic rings. The second-order valence-electron chi connectivity index (χ2n) is 7.19. The normalized spacial score (nSPS) is 29.5. The molecule has 0 aliphatic carbocycles. The molecule has 0 amide bonds. The van der Waals surface area contributed by atoms with Crippen LogP contribution in [-0.2, 0) is 10.3 Å². The van der Waals surface area contributed by atoms with E-state index < -0.39 is 11.2 Å². The molecular formula is C22H24N2O2. The summed E-state index contributed by atoms with van der Waals surface area (Å²) in [6, 6.07) is 15.1. The van der Waals surface area contributed by atoms with Crippen LogP contribution in [0.1, 0.15) is 24.1 Å². The maximum atomic E-state index is 11.6. The quantitative estimate of drug-likeness (QED) is 0.866. The molecule has 2 atom stereocenters. The molecule has 1 N–H and O–H groups in total. The number of hydrogen-bond donors (Lipinski definition) is 1. The van der Waals surface area contributed by atoms with Gasteiger partial charge in [0.15, 0.2) is 5.60 Å². The van der Waals surface area contributed by atoms with E-state index >= 15 is 0 Å². The van der Waals surface area contributed by atoms with Gasteiger partial charge in [-0.15, -0.1) is 0 Å². The first-order valence-corrected chi connectivity index (χ1v) is 9.17. The zero-order chi connectivity index (χ0) is 18.0. The summed E-state index contributed by atoms with van der Waals surface area (Å²) in [5.74, 6) is 6.93. The highest BCUT2D eigenvalue weighted by molar-refractivity contribution is 5.43. The van der Waals surface area contributed by atoms with Crippen molar-refractivity contribution >= 4 is 0 Å². The van der Waals surface area contributed by atoms with Crippen molar-refractivity contribution in [3.05, 3.63) is 66.0 Å². The average molecular weight is 348 g/mol. The summed E-state index contributed by atoms with van der Waals surface area (Å²) in [4.78, 5) is 6.79. The summed E-state index contributed by atoms with van der Waals surface area (Å²) < 4.78 is 5.93. The van der Waals surface area contributed by atoms with E-state index in [9.17, 15) is 5.11 Å². The first-order chi connectivity index (χ1) is 12.7. The van der Waals surface area contributed by atoms with Gasteiger partial charge in [0, 0.05) is 31.3 Å². The molecule has 2 bridgehead atoms. The molecule has 3 fully saturated rings. The third-order valence-electron chi connectivity index (χ3n) is 5.75. The third kappa shape index (κ3) is 2.93. The van der Waals surface area contributed by atoms with E-state index in [1.165, 1.54) is 0 Å². The van der Waals surface area contributed by atoms with E-state index in [1.807, 2.05) is 48.5 Å². The summed E-state index contributed by atoms with van der Waals surface area (Å²) >= 11 is 0. The van der Waals surface area contributed by atoms with E-state index in [2.05, 4.69) is 21.7 Å². The number of methoxy groups -OCH3 is 1. The number of fused-ring (bicyclic) bond motifs is 3. The van der Waals surface area contributed by atoms with Crippen molar-refractivity contribution in [2.45, 2.75) is 24.0 Å². The van der Waals surface area contributed by atoms with E-state index in [0.717, 1.165) is 38.0 Å². The number of hydrogen-bond acceptors (Lipinski definition) is 4. The lowest BCUT2D eigenvalue weighted by molar-refractivity contribution is -0.0964. The monoisotopic (exact) mass is 348 g/mol. The van der Waals surface area contributed by atoms with Gasteiger partial charge in [-0.3, -0.25) is 9.88 Å². The Kier molecular flexibility index (Phi) is 4.54. The topological polar surface area (TPSA) is 45.6 Å². The lowest BCUT2D eigenvalue weighted by Gasteiger charge is -2.49. The number of nitrogens with zero attached hydrogens (tertiary/aromatic N) is 2. The molecule has 5 rings (SSSR count). The number of piperidine rings is 3. The summed E-state index contributed by atoms with van der Waals surface area (Å²) in [5, 5.41) is 11.6. The Labute approximate surface area is 154 Å². The Balaban J connectivity index is 1.79. The van der Waals surface area contributed by atoms with Gasteiger partial charge in [-0.1, -0.05) is 48.2 Å². The highest BCUT2D eigenvalue weighted by atomic mass is 16.5. The van der Waals surface area contributed by atoms with Crippen LogP contribution in [-0.4, -0.2) is 47.3 Å². The average Bonchev–Trinajstić information content (AvgIpc) is 2.74. The highest BCUT2D eigenvalue weighted by Crippen LogP contribution is 2.38. The smallest absolute Gasteiger partial charge is 0.194 e. The molecule has 0 spiro atoms. The Hall–Kier alpha value is -2.19.